The van der Waals surface area contributed by atoms with Crippen LogP contribution in [0.1, 0.15) is 167 Å². The molecule has 0 aliphatic heterocycles. The minimum atomic E-state index is -1.04. The zero-order valence-corrected chi connectivity index (χ0v) is 42.1. The molecule has 1 fully saturated rings. The molecule has 0 unspecified atom stereocenters. The largest absolute Gasteiger partial charge is 0.392 e. The van der Waals surface area contributed by atoms with Crippen molar-refractivity contribution < 1.29 is 19.8 Å². The molecule has 68 heavy (non-hydrogen) atoms. The van der Waals surface area contributed by atoms with Crippen molar-refractivity contribution in [1.29, 1.82) is 0 Å². The molecule has 364 valence electrons. The number of anilines is 4. The standard InChI is InChI=1S/C60H80N4O4/c1-7-11-15-23-31-63(32-24-16-12-8-2)53-39-51(61-41(5)65)55(49-37-45-29-21-19-27-43(45)35-47(49)53)57-59(67)58(60(57)68)56-50-38-46-30-22-20-28-44(46)36-48(50)54(40-52(56)62-42(6)66)64(33-25-17-13-9-3)34-26-18-14-10-4/h19-22,27-30,35-40,57-60,67-68H,7-18,23-26,31-34H2,1-6H3,(H,61,65)(H,62,66). The second-order valence-electron chi connectivity index (χ2n) is 19.8. The SMILES string of the molecule is CCCCCCN(CCCCCC)c1cc(NC(C)=O)c(C2C(O)C(c3c(NC(C)=O)cc(N(CCCCCC)CCCCCC)c4cc5ccccc5cc34)C2O)c2cc3ccccc3cc12. The summed E-state index contributed by atoms with van der Waals surface area (Å²) in [4.78, 5) is 31.5. The normalized spacial score (nSPS) is 16.9. The number of hydrogen-bond acceptors (Lipinski definition) is 6. The van der Waals surface area contributed by atoms with Crippen LogP contribution >= 0.6 is 0 Å². The number of unbranched alkanes of at least 4 members (excludes halogenated alkanes) is 12. The smallest absolute Gasteiger partial charge is 0.221 e. The van der Waals surface area contributed by atoms with Crippen molar-refractivity contribution in [1.82, 2.24) is 0 Å². The molecular weight excluding hydrogens is 841 g/mol. The second-order valence-corrected chi connectivity index (χ2v) is 19.8. The van der Waals surface area contributed by atoms with Crippen LogP contribution in [0.25, 0.3) is 43.1 Å². The highest BCUT2D eigenvalue weighted by atomic mass is 16.3. The molecule has 0 spiro atoms. The monoisotopic (exact) mass is 921 g/mol. The van der Waals surface area contributed by atoms with E-state index in [2.05, 4.69) is 121 Å². The number of fused-ring (bicyclic) bond motifs is 4. The first kappa shape index (κ1) is 50.7. The highest BCUT2D eigenvalue weighted by molar-refractivity contribution is 6.11. The molecule has 1 aliphatic rings. The van der Waals surface area contributed by atoms with Gasteiger partial charge in [-0.15, -0.1) is 0 Å². The Bertz CT molecular complexity index is 2430. The maximum Gasteiger partial charge on any atom is 0.221 e. The third-order valence-corrected chi connectivity index (χ3v) is 14.6. The molecule has 1 aliphatic carbocycles. The van der Waals surface area contributed by atoms with E-state index in [9.17, 15) is 19.8 Å². The first-order chi connectivity index (χ1) is 33.1. The van der Waals surface area contributed by atoms with E-state index < -0.39 is 24.0 Å². The van der Waals surface area contributed by atoms with E-state index in [-0.39, 0.29) is 11.8 Å². The van der Waals surface area contributed by atoms with Crippen LogP contribution in [0.4, 0.5) is 22.7 Å². The van der Waals surface area contributed by atoms with Crippen LogP contribution in [0.15, 0.2) is 84.9 Å². The number of amides is 2. The zero-order valence-electron chi connectivity index (χ0n) is 42.1. The molecule has 6 aromatic rings. The van der Waals surface area contributed by atoms with Gasteiger partial charge in [0, 0.05) is 85.4 Å². The maximum atomic E-state index is 13.3. The molecule has 0 aromatic heterocycles. The van der Waals surface area contributed by atoms with Gasteiger partial charge in [0.1, 0.15) is 0 Å². The molecular formula is C60H80N4O4. The van der Waals surface area contributed by atoms with Crippen molar-refractivity contribution in [2.45, 2.75) is 168 Å². The van der Waals surface area contributed by atoms with Gasteiger partial charge in [-0.1, -0.05) is 153 Å². The summed E-state index contributed by atoms with van der Waals surface area (Å²) in [6.45, 7) is 15.7. The van der Waals surface area contributed by atoms with E-state index in [1.165, 1.54) is 65.2 Å². The van der Waals surface area contributed by atoms with Crippen LogP contribution in [0.5, 0.6) is 0 Å². The number of aliphatic hydroxyl groups excluding tert-OH is 2. The summed E-state index contributed by atoms with van der Waals surface area (Å²) < 4.78 is 0. The van der Waals surface area contributed by atoms with Crippen LogP contribution in [0.3, 0.4) is 0 Å². The molecule has 0 bridgehead atoms. The van der Waals surface area contributed by atoms with Crippen molar-refractivity contribution in [3.63, 3.8) is 0 Å². The lowest BCUT2D eigenvalue weighted by Crippen LogP contribution is -2.52. The number of rotatable bonds is 26. The summed E-state index contributed by atoms with van der Waals surface area (Å²) in [5.41, 5.74) is 4.88. The van der Waals surface area contributed by atoms with Gasteiger partial charge >= 0.3 is 0 Å². The maximum absolute atomic E-state index is 13.3. The van der Waals surface area contributed by atoms with Crippen molar-refractivity contribution in [2.24, 2.45) is 0 Å². The average molecular weight is 921 g/mol. The van der Waals surface area contributed by atoms with Gasteiger partial charge in [0.2, 0.25) is 11.8 Å². The van der Waals surface area contributed by atoms with Crippen LogP contribution in [-0.2, 0) is 9.59 Å². The summed E-state index contributed by atoms with van der Waals surface area (Å²) in [5.74, 6) is -1.86. The van der Waals surface area contributed by atoms with Crippen LogP contribution in [-0.4, -0.2) is 60.4 Å². The van der Waals surface area contributed by atoms with Gasteiger partial charge < -0.3 is 30.6 Å². The van der Waals surface area contributed by atoms with E-state index in [1.54, 1.807) is 0 Å². The van der Waals surface area contributed by atoms with E-state index >= 15 is 0 Å². The number of aliphatic hydroxyl groups is 2. The van der Waals surface area contributed by atoms with Gasteiger partial charge in [-0.2, -0.15) is 0 Å². The first-order valence-corrected chi connectivity index (χ1v) is 26.5. The Morgan fingerprint density at radius 1 is 0.441 bits per heavy atom. The summed E-state index contributed by atoms with van der Waals surface area (Å²) in [7, 11) is 0. The summed E-state index contributed by atoms with van der Waals surface area (Å²) in [5, 5.41) is 40.6. The average Bonchev–Trinajstić information content (AvgIpc) is 3.33. The molecule has 0 saturated heterocycles. The molecule has 4 N–H and O–H groups in total. The third kappa shape index (κ3) is 11.6. The Labute approximate surface area is 406 Å². The Hall–Kier alpha value is -5.18. The highest BCUT2D eigenvalue weighted by Gasteiger charge is 2.53. The molecule has 8 heteroatoms. The van der Waals surface area contributed by atoms with Crippen molar-refractivity contribution >= 4 is 77.7 Å². The molecule has 0 radical (unpaired) electrons. The Balaban J connectivity index is 1.40. The Morgan fingerprint density at radius 2 is 0.735 bits per heavy atom. The van der Waals surface area contributed by atoms with Crippen LogP contribution in [0.2, 0.25) is 0 Å². The van der Waals surface area contributed by atoms with Gasteiger partial charge in [0.05, 0.1) is 12.2 Å². The first-order valence-electron chi connectivity index (χ1n) is 26.5. The summed E-state index contributed by atoms with van der Waals surface area (Å²) >= 11 is 0. The molecule has 8 nitrogen and oxygen atoms in total. The van der Waals surface area contributed by atoms with Crippen molar-refractivity contribution in [3.05, 3.63) is 96.1 Å². The van der Waals surface area contributed by atoms with Gasteiger partial charge in [-0.25, -0.2) is 0 Å². The fourth-order valence-corrected chi connectivity index (χ4v) is 11.1. The second kappa shape index (κ2) is 24.4. The predicted molar refractivity (Wildman–Crippen MR) is 290 cm³/mol. The number of carbonyl (C=O) groups excluding carboxylic acids is 2. The van der Waals surface area contributed by atoms with Gasteiger partial charge in [-0.05, 0) is 106 Å². The van der Waals surface area contributed by atoms with E-state index in [1.807, 2.05) is 12.1 Å². The van der Waals surface area contributed by atoms with E-state index in [4.69, 9.17) is 0 Å². The topological polar surface area (TPSA) is 105 Å². The lowest BCUT2D eigenvalue weighted by molar-refractivity contribution is -0.115. The lowest BCUT2D eigenvalue weighted by Gasteiger charge is -2.49. The zero-order chi connectivity index (χ0) is 48.2. The number of nitrogens with zero attached hydrogens (tertiary/aromatic N) is 2. The van der Waals surface area contributed by atoms with Gasteiger partial charge in [0.25, 0.3) is 0 Å². The van der Waals surface area contributed by atoms with Gasteiger partial charge in [0.15, 0.2) is 0 Å². The molecule has 0 atom stereocenters. The molecule has 1 saturated carbocycles. The lowest BCUT2D eigenvalue weighted by atomic mass is 9.61. The molecule has 2 amide bonds. The Morgan fingerprint density at radius 3 is 1.01 bits per heavy atom. The number of benzene rings is 6. The molecule has 6 aromatic carbocycles. The minimum absolute atomic E-state index is 0.204. The summed E-state index contributed by atoms with van der Waals surface area (Å²) in [6, 6.07) is 29.9. The van der Waals surface area contributed by atoms with Gasteiger partial charge in [-0.3, -0.25) is 9.59 Å². The summed E-state index contributed by atoms with van der Waals surface area (Å²) in [6.07, 6.45) is 16.3. The van der Waals surface area contributed by atoms with Crippen molar-refractivity contribution in [3.8, 4) is 0 Å². The number of carbonyl (C=O) groups is 2. The third-order valence-electron chi connectivity index (χ3n) is 14.6. The fourth-order valence-electron chi connectivity index (χ4n) is 11.1. The van der Waals surface area contributed by atoms with E-state index in [0.29, 0.717) is 11.4 Å². The minimum Gasteiger partial charge on any atom is -0.392 e. The predicted octanol–water partition coefficient (Wildman–Crippen LogP) is 14.8. The van der Waals surface area contributed by atoms with E-state index in [0.717, 1.165) is 143 Å². The van der Waals surface area contributed by atoms with Crippen molar-refractivity contribution in [2.75, 3.05) is 46.6 Å². The van der Waals surface area contributed by atoms with Crippen LogP contribution in [0, 0.1) is 0 Å². The number of hydrogen-bond donors (Lipinski definition) is 4. The molecule has 7 rings (SSSR count). The quantitative estimate of drug-likeness (QED) is 0.0319. The molecule has 0 heterocycles. The Kier molecular flexibility index (Phi) is 18.2. The van der Waals surface area contributed by atoms with Crippen LogP contribution < -0.4 is 20.4 Å². The number of nitrogens with one attached hydrogen (secondary N) is 2. The fraction of sp³-hybridized carbons (Fsp3) is 0.500. The highest BCUT2D eigenvalue weighted by Crippen LogP contribution is 2.56.